The first-order valence-electron chi connectivity index (χ1n) is 9.13. The molecule has 8 heteroatoms. The van der Waals surface area contributed by atoms with E-state index in [-0.39, 0.29) is 5.91 Å². The number of thiophene rings is 1. The molecule has 28 heavy (non-hydrogen) atoms. The van der Waals surface area contributed by atoms with E-state index in [9.17, 15) is 4.79 Å². The molecule has 3 aromatic rings. The topological polar surface area (TPSA) is 69.0 Å². The van der Waals surface area contributed by atoms with Crippen LogP contribution >= 0.6 is 23.1 Å². The Morgan fingerprint density at radius 1 is 1.21 bits per heavy atom. The number of hydrogen-bond acceptors (Lipinski definition) is 6. The lowest BCUT2D eigenvalue weighted by molar-refractivity contribution is -0.118. The van der Waals surface area contributed by atoms with Crippen LogP contribution < -0.4 is 5.32 Å². The molecule has 2 heterocycles. The first kappa shape index (κ1) is 20.6. The highest BCUT2D eigenvalue weighted by atomic mass is 32.2. The van der Waals surface area contributed by atoms with Crippen LogP contribution in [0.3, 0.4) is 0 Å². The second-order valence-corrected chi connectivity index (χ2v) is 8.15. The molecule has 0 bridgehead atoms. The molecule has 0 spiro atoms. The van der Waals surface area contributed by atoms with Gasteiger partial charge in [-0.1, -0.05) is 48.2 Å². The molecule has 0 aliphatic heterocycles. The van der Waals surface area contributed by atoms with E-state index < -0.39 is 0 Å². The number of nitrogens with zero attached hydrogens (tertiary/aromatic N) is 3. The van der Waals surface area contributed by atoms with Gasteiger partial charge in [-0.15, -0.1) is 21.5 Å². The van der Waals surface area contributed by atoms with Gasteiger partial charge < -0.3 is 14.6 Å². The average molecular weight is 417 g/mol. The zero-order chi connectivity index (χ0) is 19.6. The van der Waals surface area contributed by atoms with Crippen LogP contribution in [0.2, 0.25) is 0 Å². The summed E-state index contributed by atoms with van der Waals surface area (Å²) in [5.41, 5.74) is 1.27. The van der Waals surface area contributed by atoms with Crippen molar-refractivity contribution in [2.75, 3.05) is 26.0 Å². The monoisotopic (exact) mass is 416 g/mol. The van der Waals surface area contributed by atoms with E-state index in [1.54, 1.807) is 18.4 Å². The minimum absolute atomic E-state index is 0.0283. The second kappa shape index (κ2) is 11.0. The lowest BCUT2D eigenvalue weighted by atomic mass is 10.1. The fraction of sp³-hybridized carbons (Fsp3) is 0.350. The number of carbonyl (C=O) groups excluding carboxylic acids is 1. The maximum absolute atomic E-state index is 12.0. The largest absolute Gasteiger partial charge is 0.383 e. The summed E-state index contributed by atoms with van der Waals surface area (Å²) in [7, 11) is 1.62. The Kier molecular flexibility index (Phi) is 8.07. The summed E-state index contributed by atoms with van der Waals surface area (Å²) in [4.78, 5) is 13.3. The standard InChI is InChI=1S/C20H24N4O2S2/c1-26-12-10-21-19(25)15-28-20-23-22-18(14-17-8-5-13-27-17)24(20)11-9-16-6-3-2-4-7-16/h2-8,13H,9-12,14-15H2,1H3,(H,21,25). The molecular weight excluding hydrogens is 392 g/mol. The van der Waals surface area contributed by atoms with Gasteiger partial charge in [0.25, 0.3) is 0 Å². The van der Waals surface area contributed by atoms with Gasteiger partial charge in [-0.2, -0.15) is 0 Å². The zero-order valence-electron chi connectivity index (χ0n) is 15.8. The Morgan fingerprint density at radius 3 is 2.82 bits per heavy atom. The van der Waals surface area contributed by atoms with Gasteiger partial charge in [-0.25, -0.2) is 0 Å². The third-order valence-corrected chi connectivity index (χ3v) is 5.98. The van der Waals surface area contributed by atoms with Crippen molar-refractivity contribution < 1.29 is 9.53 Å². The van der Waals surface area contributed by atoms with Gasteiger partial charge in [0.2, 0.25) is 5.91 Å². The Bertz CT molecular complexity index is 850. The molecule has 0 radical (unpaired) electrons. The molecule has 0 unspecified atom stereocenters. The van der Waals surface area contributed by atoms with Gasteiger partial charge in [0.1, 0.15) is 5.82 Å². The number of thioether (sulfide) groups is 1. The molecular formula is C20H24N4O2S2. The molecule has 0 saturated heterocycles. The van der Waals surface area contributed by atoms with Crippen molar-refractivity contribution in [3.8, 4) is 0 Å². The molecule has 1 aromatic carbocycles. The first-order valence-corrected chi connectivity index (χ1v) is 11.0. The smallest absolute Gasteiger partial charge is 0.230 e. The summed E-state index contributed by atoms with van der Waals surface area (Å²) < 4.78 is 7.09. The number of benzene rings is 1. The first-order chi connectivity index (χ1) is 13.8. The zero-order valence-corrected chi connectivity index (χ0v) is 17.5. The molecule has 1 amide bonds. The van der Waals surface area contributed by atoms with Crippen molar-refractivity contribution in [1.82, 2.24) is 20.1 Å². The Balaban J connectivity index is 1.67. The number of nitrogens with one attached hydrogen (secondary N) is 1. The number of aromatic nitrogens is 3. The van der Waals surface area contributed by atoms with Crippen LogP contribution in [0.4, 0.5) is 0 Å². The van der Waals surface area contributed by atoms with Crippen molar-refractivity contribution in [3.63, 3.8) is 0 Å². The average Bonchev–Trinajstić information content (AvgIpc) is 3.36. The van der Waals surface area contributed by atoms with Crippen LogP contribution in [-0.4, -0.2) is 46.7 Å². The summed E-state index contributed by atoms with van der Waals surface area (Å²) in [6, 6.07) is 14.5. The molecule has 0 saturated carbocycles. The predicted molar refractivity (Wildman–Crippen MR) is 113 cm³/mol. The number of rotatable bonds is 11. The number of carbonyl (C=O) groups is 1. The molecule has 0 aliphatic rings. The van der Waals surface area contributed by atoms with Gasteiger partial charge in [-0.05, 0) is 23.4 Å². The fourth-order valence-corrected chi connectivity index (χ4v) is 4.22. The van der Waals surface area contributed by atoms with E-state index in [0.717, 1.165) is 30.4 Å². The van der Waals surface area contributed by atoms with Gasteiger partial charge in [0.15, 0.2) is 5.16 Å². The van der Waals surface area contributed by atoms with Crippen LogP contribution in [0.15, 0.2) is 53.0 Å². The minimum Gasteiger partial charge on any atom is -0.383 e. The van der Waals surface area contributed by atoms with Crippen molar-refractivity contribution in [2.45, 2.75) is 24.5 Å². The van der Waals surface area contributed by atoms with Gasteiger partial charge in [0, 0.05) is 31.5 Å². The van der Waals surface area contributed by atoms with Crippen molar-refractivity contribution in [3.05, 3.63) is 64.1 Å². The Hall–Kier alpha value is -2.16. The van der Waals surface area contributed by atoms with Crippen molar-refractivity contribution >= 4 is 29.0 Å². The van der Waals surface area contributed by atoms with E-state index in [2.05, 4.69) is 43.7 Å². The van der Waals surface area contributed by atoms with Crippen molar-refractivity contribution in [1.29, 1.82) is 0 Å². The van der Waals surface area contributed by atoms with E-state index in [0.29, 0.717) is 18.9 Å². The highest BCUT2D eigenvalue weighted by Crippen LogP contribution is 2.21. The molecule has 2 aromatic heterocycles. The normalized spacial score (nSPS) is 10.9. The lowest BCUT2D eigenvalue weighted by Gasteiger charge is -2.10. The molecule has 3 rings (SSSR count). The maximum atomic E-state index is 12.0. The molecule has 0 fully saturated rings. The highest BCUT2D eigenvalue weighted by Gasteiger charge is 2.15. The predicted octanol–water partition coefficient (Wildman–Crippen LogP) is 3.03. The number of aryl methyl sites for hydroxylation is 1. The lowest BCUT2D eigenvalue weighted by Crippen LogP contribution is -2.28. The van der Waals surface area contributed by atoms with Gasteiger partial charge in [-0.3, -0.25) is 4.79 Å². The van der Waals surface area contributed by atoms with E-state index >= 15 is 0 Å². The SMILES string of the molecule is COCCNC(=O)CSc1nnc(Cc2cccs2)n1CCc1ccccc1. The van der Waals surface area contributed by atoms with Crippen LogP contribution in [0.1, 0.15) is 16.3 Å². The molecule has 148 valence electrons. The molecule has 6 nitrogen and oxygen atoms in total. The third-order valence-electron chi connectivity index (χ3n) is 4.13. The van der Waals surface area contributed by atoms with Crippen LogP contribution in [-0.2, 0) is 28.9 Å². The molecule has 1 N–H and O–H groups in total. The minimum atomic E-state index is -0.0283. The molecule has 0 aliphatic carbocycles. The second-order valence-electron chi connectivity index (χ2n) is 6.17. The summed E-state index contributed by atoms with van der Waals surface area (Å²) in [6.07, 6.45) is 1.64. The summed E-state index contributed by atoms with van der Waals surface area (Å²) >= 11 is 3.14. The number of hydrogen-bond donors (Lipinski definition) is 1. The highest BCUT2D eigenvalue weighted by molar-refractivity contribution is 7.99. The van der Waals surface area contributed by atoms with Gasteiger partial charge in [0.05, 0.1) is 12.4 Å². The van der Waals surface area contributed by atoms with Crippen molar-refractivity contribution in [2.24, 2.45) is 0 Å². The summed E-state index contributed by atoms with van der Waals surface area (Å²) in [5.74, 6) is 1.21. The number of ether oxygens (including phenoxy) is 1. The maximum Gasteiger partial charge on any atom is 0.230 e. The van der Waals surface area contributed by atoms with E-state index in [1.807, 2.05) is 24.3 Å². The quantitative estimate of drug-likeness (QED) is 0.384. The van der Waals surface area contributed by atoms with Crippen LogP contribution in [0, 0.1) is 0 Å². The number of methoxy groups -OCH3 is 1. The van der Waals surface area contributed by atoms with E-state index in [1.165, 1.54) is 22.2 Å². The van der Waals surface area contributed by atoms with Crippen LogP contribution in [0.25, 0.3) is 0 Å². The van der Waals surface area contributed by atoms with Crippen LogP contribution in [0.5, 0.6) is 0 Å². The fourth-order valence-electron chi connectivity index (χ4n) is 2.71. The Labute approximate surface area is 173 Å². The summed E-state index contributed by atoms with van der Waals surface area (Å²) in [6.45, 7) is 1.81. The Morgan fingerprint density at radius 2 is 2.07 bits per heavy atom. The summed E-state index contributed by atoms with van der Waals surface area (Å²) in [5, 5.41) is 14.4. The number of amides is 1. The van der Waals surface area contributed by atoms with Gasteiger partial charge >= 0.3 is 0 Å². The molecule has 0 atom stereocenters. The third kappa shape index (κ3) is 6.19. The van der Waals surface area contributed by atoms with E-state index in [4.69, 9.17) is 4.74 Å².